The number of carbonyl (C=O) groups excluding carboxylic acids is 1. The molecule has 0 aliphatic carbocycles. The minimum Gasteiger partial charge on any atom is -0.409 e. The van der Waals surface area contributed by atoms with E-state index in [1.54, 1.807) is 0 Å². The normalized spacial score (nSPS) is 12.3. The van der Waals surface area contributed by atoms with Crippen molar-refractivity contribution in [3.8, 4) is 0 Å². The molecular weight excluding hydrogens is 355 g/mol. The van der Waals surface area contributed by atoms with E-state index in [1.165, 1.54) is 18.0 Å². The van der Waals surface area contributed by atoms with Crippen molar-refractivity contribution in [3.05, 3.63) is 33.8 Å². The number of hydrogen-bond donors (Lipinski definition) is 2. The average molecular weight is 368 g/mol. The highest BCUT2D eigenvalue weighted by molar-refractivity contribution is 9.10. The van der Waals surface area contributed by atoms with Crippen LogP contribution in [0.1, 0.15) is 22.3 Å². The van der Waals surface area contributed by atoms with Gasteiger partial charge in [0.2, 0.25) is 0 Å². The number of alkyl halides is 3. The van der Waals surface area contributed by atoms with Crippen molar-refractivity contribution in [2.24, 2.45) is 10.9 Å². The molecule has 21 heavy (non-hydrogen) atoms. The summed E-state index contributed by atoms with van der Waals surface area (Å²) >= 11 is 3.06. The van der Waals surface area contributed by atoms with Crippen LogP contribution in [0.2, 0.25) is 0 Å². The lowest BCUT2D eigenvalue weighted by atomic mass is 10.1. The Kier molecular flexibility index (Phi) is 5.59. The first-order valence-corrected chi connectivity index (χ1v) is 6.54. The van der Waals surface area contributed by atoms with Gasteiger partial charge < -0.3 is 15.8 Å². The van der Waals surface area contributed by atoms with Crippen LogP contribution in [0.4, 0.5) is 13.2 Å². The van der Waals surface area contributed by atoms with Gasteiger partial charge in [0, 0.05) is 24.5 Å². The van der Waals surface area contributed by atoms with Crippen LogP contribution in [0, 0.1) is 0 Å². The van der Waals surface area contributed by atoms with Gasteiger partial charge in [0.05, 0.1) is 11.1 Å². The molecule has 0 heterocycles. The lowest BCUT2D eigenvalue weighted by Crippen LogP contribution is -2.31. The largest absolute Gasteiger partial charge is 0.416 e. The number of rotatable bonds is 4. The molecule has 0 atom stereocenters. The fourth-order valence-corrected chi connectivity index (χ4v) is 1.92. The summed E-state index contributed by atoms with van der Waals surface area (Å²) in [5.74, 6) is -0.670. The number of nitrogens with zero attached hydrogens (tertiary/aromatic N) is 2. The molecule has 0 aromatic heterocycles. The SMILES string of the molecule is CN(CC/C(N)=N/O)C(=O)c1cc(C(F)(F)F)ccc1Br. The second-order valence-electron chi connectivity index (χ2n) is 4.26. The Balaban J connectivity index is 2.96. The molecule has 0 radical (unpaired) electrons. The van der Waals surface area contributed by atoms with Gasteiger partial charge in [-0.05, 0) is 34.1 Å². The Morgan fingerprint density at radius 2 is 2.10 bits per heavy atom. The van der Waals surface area contributed by atoms with Crippen LogP contribution in [0.15, 0.2) is 27.8 Å². The maximum atomic E-state index is 12.7. The van der Waals surface area contributed by atoms with Gasteiger partial charge in [0.15, 0.2) is 0 Å². The molecule has 116 valence electrons. The monoisotopic (exact) mass is 367 g/mol. The van der Waals surface area contributed by atoms with E-state index in [0.29, 0.717) is 0 Å². The van der Waals surface area contributed by atoms with Crippen LogP contribution >= 0.6 is 15.9 Å². The maximum Gasteiger partial charge on any atom is 0.416 e. The summed E-state index contributed by atoms with van der Waals surface area (Å²) in [6.45, 7) is 0.109. The lowest BCUT2D eigenvalue weighted by Gasteiger charge is -2.18. The van der Waals surface area contributed by atoms with Crippen molar-refractivity contribution in [3.63, 3.8) is 0 Å². The molecule has 1 amide bonds. The number of carbonyl (C=O) groups is 1. The molecule has 0 bridgehead atoms. The van der Waals surface area contributed by atoms with Gasteiger partial charge in [0.25, 0.3) is 5.91 Å². The molecule has 1 aromatic carbocycles. The molecule has 9 heteroatoms. The molecule has 5 nitrogen and oxygen atoms in total. The summed E-state index contributed by atoms with van der Waals surface area (Å²) in [6, 6.07) is 2.84. The zero-order valence-electron chi connectivity index (χ0n) is 11.0. The Bertz CT molecular complexity index is 561. The van der Waals surface area contributed by atoms with E-state index in [2.05, 4.69) is 21.1 Å². The number of oxime groups is 1. The van der Waals surface area contributed by atoms with Crippen LogP contribution in [0.5, 0.6) is 0 Å². The van der Waals surface area contributed by atoms with E-state index < -0.39 is 17.6 Å². The number of halogens is 4. The highest BCUT2D eigenvalue weighted by Gasteiger charge is 2.32. The number of benzene rings is 1. The summed E-state index contributed by atoms with van der Waals surface area (Å²) < 4.78 is 38.3. The molecule has 0 aliphatic rings. The van der Waals surface area contributed by atoms with Crippen molar-refractivity contribution in [2.45, 2.75) is 12.6 Å². The van der Waals surface area contributed by atoms with Gasteiger partial charge in [-0.15, -0.1) is 0 Å². The molecule has 0 unspecified atom stereocenters. The quantitative estimate of drug-likeness (QED) is 0.371. The smallest absolute Gasteiger partial charge is 0.409 e. The van der Waals surface area contributed by atoms with Gasteiger partial charge in [-0.1, -0.05) is 5.16 Å². The van der Waals surface area contributed by atoms with E-state index >= 15 is 0 Å². The van der Waals surface area contributed by atoms with Crippen molar-refractivity contribution in [1.29, 1.82) is 0 Å². The van der Waals surface area contributed by atoms with Gasteiger partial charge in [-0.3, -0.25) is 4.79 Å². The molecule has 0 spiro atoms. The van der Waals surface area contributed by atoms with Gasteiger partial charge in [-0.25, -0.2) is 0 Å². The molecule has 3 N–H and O–H groups in total. The third-order valence-corrected chi connectivity index (χ3v) is 3.39. The van der Waals surface area contributed by atoms with Crippen LogP contribution < -0.4 is 5.73 Å². The molecule has 0 fully saturated rings. The van der Waals surface area contributed by atoms with E-state index in [9.17, 15) is 18.0 Å². The van der Waals surface area contributed by atoms with Crippen LogP contribution in [-0.2, 0) is 6.18 Å². The minimum absolute atomic E-state index is 0.0715. The average Bonchev–Trinajstić information content (AvgIpc) is 2.42. The summed E-state index contributed by atoms with van der Waals surface area (Å²) in [5, 5.41) is 11.2. The third-order valence-electron chi connectivity index (χ3n) is 2.70. The highest BCUT2D eigenvalue weighted by Crippen LogP contribution is 2.32. The summed E-state index contributed by atoms with van der Waals surface area (Å²) in [7, 11) is 1.42. The van der Waals surface area contributed by atoms with E-state index in [1.807, 2.05) is 0 Å². The van der Waals surface area contributed by atoms with Gasteiger partial charge >= 0.3 is 6.18 Å². The van der Waals surface area contributed by atoms with Crippen LogP contribution in [0.25, 0.3) is 0 Å². The summed E-state index contributed by atoms with van der Waals surface area (Å²) in [5.41, 5.74) is 4.27. The Labute approximate surface area is 127 Å². The first kappa shape index (κ1) is 17.3. The first-order valence-electron chi connectivity index (χ1n) is 5.75. The highest BCUT2D eigenvalue weighted by atomic mass is 79.9. The third kappa shape index (κ3) is 4.62. The zero-order valence-corrected chi connectivity index (χ0v) is 12.6. The lowest BCUT2D eigenvalue weighted by molar-refractivity contribution is -0.137. The Morgan fingerprint density at radius 1 is 1.48 bits per heavy atom. The molecule has 1 rings (SSSR count). The first-order chi connectivity index (χ1) is 9.66. The topological polar surface area (TPSA) is 78.9 Å². The Morgan fingerprint density at radius 3 is 2.62 bits per heavy atom. The number of amides is 1. The number of amidine groups is 1. The summed E-state index contributed by atoms with van der Waals surface area (Å²) in [6.07, 6.45) is -4.42. The van der Waals surface area contributed by atoms with Crippen molar-refractivity contribution in [1.82, 2.24) is 4.90 Å². The van der Waals surface area contributed by atoms with Gasteiger partial charge in [0.1, 0.15) is 5.84 Å². The minimum atomic E-state index is -4.53. The van der Waals surface area contributed by atoms with E-state index in [0.717, 1.165) is 12.1 Å². The maximum absolute atomic E-state index is 12.7. The second-order valence-corrected chi connectivity index (χ2v) is 5.11. The molecule has 0 aliphatic heterocycles. The second kappa shape index (κ2) is 6.79. The number of nitrogens with two attached hydrogens (primary N) is 1. The number of hydrogen-bond acceptors (Lipinski definition) is 3. The van der Waals surface area contributed by atoms with Crippen molar-refractivity contribution >= 4 is 27.7 Å². The van der Waals surface area contributed by atoms with Crippen LogP contribution in [0.3, 0.4) is 0 Å². The molecule has 0 saturated heterocycles. The predicted octanol–water partition coefficient (Wildman–Crippen LogP) is 2.68. The Hall–Kier alpha value is -1.77. The molecular formula is C12H13BrF3N3O2. The van der Waals surface area contributed by atoms with E-state index in [-0.39, 0.29) is 28.8 Å². The van der Waals surface area contributed by atoms with E-state index in [4.69, 9.17) is 10.9 Å². The fraction of sp³-hybridized carbons (Fsp3) is 0.333. The van der Waals surface area contributed by atoms with Gasteiger partial charge in [-0.2, -0.15) is 13.2 Å². The van der Waals surface area contributed by atoms with Crippen LogP contribution in [-0.4, -0.2) is 35.4 Å². The molecule has 1 aromatic rings. The predicted molar refractivity (Wildman–Crippen MR) is 74.1 cm³/mol. The fourth-order valence-electron chi connectivity index (χ4n) is 1.50. The van der Waals surface area contributed by atoms with Crippen molar-refractivity contribution in [2.75, 3.05) is 13.6 Å². The zero-order chi connectivity index (χ0) is 16.2. The standard InChI is InChI=1S/C12H13BrF3N3O2/c1-19(5-4-10(17)18-21)11(20)8-6-7(12(14,15)16)2-3-9(8)13/h2-3,6,21H,4-5H2,1H3,(H2,17,18). The summed E-state index contributed by atoms with van der Waals surface area (Å²) in [4.78, 5) is 13.3. The molecule has 0 saturated carbocycles. The van der Waals surface area contributed by atoms with Crippen molar-refractivity contribution < 1.29 is 23.2 Å².